The zero-order chi connectivity index (χ0) is 14.4. The normalized spacial score (nSPS) is 26.0. The highest BCUT2D eigenvalue weighted by Gasteiger charge is 2.32. The third kappa shape index (κ3) is 3.46. The molecule has 20 heavy (non-hydrogen) atoms. The number of rotatable bonds is 3. The molecule has 1 fully saturated rings. The Morgan fingerprint density at radius 2 is 2.25 bits per heavy atom. The van der Waals surface area contributed by atoms with Crippen LogP contribution in [-0.4, -0.2) is 42.0 Å². The third-order valence-corrected chi connectivity index (χ3v) is 3.37. The molecule has 0 aromatic rings. The van der Waals surface area contributed by atoms with Gasteiger partial charge in [-0.05, 0) is 25.3 Å². The lowest BCUT2D eigenvalue weighted by atomic mass is 10.1. The maximum absolute atomic E-state index is 12.2. The number of nitrogens with one attached hydrogen (secondary N) is 1. The minimum absolute atomic E-state index is 0.332. The number of imide groups is 1. The van der Waals surface area contributed by atoms with Gasteiger partial charge in [0.1, 0.15) is 12.1 Å². The molecule has 0 spiro atoms. The maximum atomic E-state index is 12.2. The van der Waals surface area contributed by atoms with Crippen LogP contribution in [0.3, 0.4) is 0 Å². The van der Waals surface area contributed by atoms with Gasteiger partial charge in [0.25, 0.3) is 5.91 Å². The fourth-order valence-electron chi connectivity index (χ4n) is 2.30. The average molecular weight is 278 g/mol. The van der Waals surface area contributed by atoms with Gasteiger partial charge >= 0.3 is 6.09 Å². The predicted octanol–water partition coefficient (Wildman–Crippen LogP) is 1.13. The molecular weight excluding hydrogens is 260 g/mol. The molecular formula is C14H18N2O4. The van der Waals surface area contributed by atoms with Crippen molar-refractivity contribution in [2.75, 3.05) is 6.54 Å². The van der Waals surface area contributed by atoms with Crippen LogP contribution in [-0.2, 0) is 14.3 Å². The van der Waals surface area contributed by atoms with Gasteiger partial charge in [0.15, 0.2) is 0 Å². The molecule has 1 unspecified atom stereocenters. The van der Waals surface area contributed by atoms with Gasteiger partial charge in [-0.3, -0.25) is 9.59 Å². The van der Waals surface area contributed by atoms with E-state index in [0.717, 1.165) is 17.7 Å². The predicted molar refractivity (Wildman–Crippen MR) is 71.7 cm³/mol. The second kappa shape index (κ2) is 6.88. The fourth-order valence-corrected chi connectivity index (χ4v) is 2.30. The van der Waals surface area contributed by atoms with Crippen LogP contribution in [0.25, 0.3) is 0 Å². The number of carbonyl (C=O) groups excluding carboxylic acids is 3. The lowest BCUT2D eigenvalue weighted by molar-refractivity contribution is -0.132. The van der Waals surface area contributed by atoms with Crippen LogP contribution in [0.2, 0.25) is 0 Å². The Morgan fingerprint density at radius 3 is 2.95 bits per heavy atom. The van der Waals surface area contributed by atoms with Crippen molar-refractivity contribution in [3.63, 3.8) is 0 Å². The first-order valence-corrected chi connectivity index (χ1v) is 6.77. The lowest BCUT2D eigenvalue weighted by Crippen LogP contribution is -2.48. The van der Waals surface area contributed by atoms with Crippen molar-refractivity contribution in [1.29, 1.82) is 0 Å². The van der Waals surface area contributed by atoms with Crippen molar-refractivity contribution < 1.29 is 19.1 Å². The molecule has 6 heteroatoms. The zero-order valence-corrected chi connectivity index (χ0v) is 11.2. The van der Waals surface area contributed by atoms with Gasteiger partial charge in [-0.2, -0.15) is 0 Å². The maximum Gasteiger partial charge on any atom is 0.417 e. The van der Waals surface area contributed by atoms with Crippen LogP contribution >= 0.6 is 0 Å². The first-order chi connectivity index (χ1) is 9.72. The van der Waals surface area contributed by atoms with Gasteiger partial charge < -0.3 is 10.1 Å². The van der Waals surface area contributed by atoms with Gasteiger partial charge in [0.05, 0.1) is 0 Å². The molecule has 108 valence electrons. The van der Waals surface area contributed by atoms with Crippen LogP contribution in [0, 0.1) is 0 Å². The molecule has 1 saturated heterocycles. The van der Waals surface area contributed by atoms with Crippen LogP contribution in [0.5, 0.6) is 0 Å². The fraction of sp³-hybridized carbons (Fsp3) is 0.500. The molecule has 2 aliphatic rings. The molecule has 2 rings (SSSR count). The first-order valence-electron chi connectivity index (χ1n) is 6.77. The van der Waals surface area contributed by atoms with Crippen molar-refractivity contribution in [3.8, 4) is 0 Å². The Balaban J connectivity index is 1.99. The molecule has 0 saturated carbocycles. The molecule has 6 nitrogen and oxygen atoms in total. The minimum Gasteiger partial charge on any atom is -0.441 e. The smallest absolute Gasteiger partial charge is 0.417 e. The van der Waals surface area contributed by atoms with E-state index in [9.17, 15) is 14.4 Å². The summed E-state index contributed by atoms with van der Waals surface area (Å²) in [6, 6.07) is -0.635. The Kier molecular flexibility index (Phi) is 4.92. The summed E-state index contributed by atoms with van der Waals surface area (Å²) in [7, 11) is 0. The highest BCUT2D eigenvalue weighted by Crippen LogP contribution is 2.15. The summed E-state index contributed by atoms with van der Waals surface area (Å²) in [6.45, 7) is 0.334. The summed E-state index contributed by atoms with van der Waals surface area (Å²) in [4.78, 5) is 35.9. The van der Waals surface area contributed by atoms with Crippen LogP contribution < -0.4 is 5.32 Å². The number of nitrogens with zero attached hydrogens (tertiary/aromatic N) is 1. The molecule has 0 radical (unpaired) electrons. The molecule has 1 aliphatic carbocycles. The highest BCUT2D eigenvalue weighted by molar-refractivity contribution is 5.96. The Hall–Kier alpha value is -2.11. The monoisotopic (exact) mass is 278 g/mol. The van der Waals surface area contributed by atoms with E-state index in [1.807, 2.05) is 18.2 Å². The molecule has 2 atom stereocenters. The second-order valence-corrected chi connectivity index (χ2v) is 4.79. The molecule has 1 N–H and O–H groups in total. The largest absolute Gasteiger partial charge is 0.441 e. The van der Waals surface area contributed by atoms with E-state index in [4.69, 9.17) is 4.74 Å². The standard InChI is InChI=1S/C14H18N2O4/c17-10-15-12-8-4-5-9-16(13(12)18)14(19)20-11-6-2-1-3-7-11/h1-3,6,10-12H,4-5,7-9H2,(H,15,17)/t11?,12-/m0/s1. The minimum atomic E-state index is -0.639. The average Bonchev–Trinajstić information content (AvgIpc) is 2.63. The summed E-state index contributed by atoms with van der Waals surface area (Å²) >= 11 is 0. The molecule has 1 heterocycles. The summed E-state index contributed by atoms with van der Waals surface area (Å²) in [5, 5.41) is 2.46. The Bertz CT molecular complexity index is 444. The van der Waals surface area contributed by atoms with Crippen molar-refractivity contribution in [2.24, 2.45) is 0 Å². The molecule has 0 bridgehead atoms. The Morgan fingerprint density at radius 1 is 1.40 bits per heavy atom. The van der Waals surface area contributed by atoms with E-state index in [2.05, 4.69) is 5.32 Å². The van der Waals surface area contributed by atoms with Crippen molar-refractivity contribution in [3.05, 3.63) is 24.3 Å². The van der Waals surface area contributed by atoms with E-state index in [-0.39, 0.29) is 6.10 Å². The summed E-state index contributed by atoms with van der Waals surface area (Å²) in [6.07, 6.45) is 9.56. The number of likely N-dealkylation sites (tertiary alicyclic amines) is 1. The van der Waals surface area contributed by atoms with Crippen molar-refractivity contribution in [1.82, 2.24) is 10.2 Å². The molecule has 0 aromatic heterocycles. The van der Waals surface area contributed by atoms with Crippen LogP contribution in [0.4, 0.5) is 4.79 Å². The third-order valence-electron chi connectivity index (χ3n) is 3.37. The number of hydrogen-bond acceptors (Lipinski definition) is 4. The topological polar surface area (TPSA) is 75.7 Å². The van der Waals surface area contributed by atoms with Crippen LogP contribution in [0.15, 0.2) is 24.3 Å². The van der Waals surface area contributed by atoms with Crippen molar-refractivity contribution >= 4 is 18.4 Å². The van der Waals surface area contributed by atoms with E-state index in [1.165, 1.54) is 0 Å². The van der Waals surface area contributed by atoms with E-state index in [0.29, 0.717) is 25.8 Å². The van der Waals surface area contributed by atoms with E-state index in [1.54, 1.807) is 6.08 Å². The van der Waals surface area contributed by atoms with Gasteiger partial charge in [0.2, 0.25) is 6.41 Å². The number of carbonyl (C=O) groups is 3. The lowest BCUT2D eigenvalue weighted by Gasteiger charge is -2.24. The van der Waals surface area contributed by atoms with Crippen LogP contribution in [0.1, 0.15) is 25.7 Å². The summed E-state index contributed by atoms with van der Waals surface area (Å²) in [5.74, 6) is -0.394. The van der Waals surface area contributed by atoms with E-state index < -0.39 is 18.0 Å². The number of amides is 3. The number of hydrogen-bond donors (Lipinski definition) is 1. The SMILES string of the molecule is O=CN[C@H]1CCCCN(C(=O)OC2C=CC=CC2)C1=O. The Labute approximate surface area is 117 Å². The van der Waals surface area contributed by atoms with E-state index >= 15 is 0 Å². The summed E-state index contributed by atoms with van der Waals surface area (Å²) < 4.78 is 5.30. The molecule has 0 aromatic carbocycles. The van der Waals surface area contributed by atoms with Gasteiger partial charge in [-0.15, -0.1) is 0 Å². The summed E-state index contributed by atoms with van der Waals surface area (Å²) in [5.41, 5.74) is 0. The van der Waals surface area contributed by atoms with Crippen molar-refractivity contribution in [2.45, 2.75) is 37.8 Å². The van der Waals surface area contributed by atoms with Gasteiger partial charge in [0, 0.05) is 13.0 Å². The first kappa shape index (κ1) is 14.3. The van der Waals surface area contributed by atoms with Gasteiger partial charge in [-0.1, -0.05) is 18.2 Å². The number of ether oxygens (including phenoxy) is 1. The molecule has 3 amide bonds. The zero-order valence-electron chi connectivity index (χ0n) is 11.2. The highest BCUT2D eigenvalue weighted by atomic mass is 16.6. The number of allylic oxidation sites excluding steroid dienone is 2. The quantitative estimate of drug-likeness (QED) is 0.785. The van der Waals surface area contributed by atoms with Gasteiger partial charge in [-0.25, -0.2) is 9.69 Å². The molecule has 1 aliphatic heterocycles. The second-order valence-electron chi connectivity index (χ2n) is 4.79.